The van der Waals surface area contributed by atoms with Gasteiger partial charge < -0.3 is 15.1 Å². The van der Waals surface area contributed by atoms with Crippen molar-refractivity contribution < 1.29 is 9.21 Å². The molecule has 0 unspecified atom stereocenters. The average Bonchev–Trinajstić information content (AvgIpc) is 2.74. The van der Waals surface area contributed by atoms with Crippen LogP contribution in [0, 0.1) is 6.92 Å². The number of rotatable bonds is 3. The zero-order valence-corrected chi connectivity index (χ0v) is 10.6. The molecule has 1 aromatic heterocycles. The Bertz CT molecular complexity index is 412. The second-order valence-electron chi connectivity index (χ2n) is 3.89. The zero-order chi connectivity index (χ0) is 11.4. The molecule has 0 fully saturated rings. The smallest absolute Gasteiger partial charge is 0.255 e. The molecule has 0 radical (unpaired) electrons. The third-order valence-electron chi connectivity index (χ3n) is 2.74. The largest absolute Gasteiger partial charge is 0.469 e. The molecule has 4 nitrogen and oxygen atoms in total. The lowest BCUT2D eigenvalue weighted by molar-refractivity contribution is 0.0955. The maximum absolute atomic E-state index is 11.8. The van der Waals surface area contributed by atoms with Gasteiger partial charge in [-0.2, -0.15) is 0 Å². The molecule has 0 bridgehead atoms. The fourth-order valence-electron chi connectivity index (χ4n) is 1.74. The first-order valence-corrected chi connectivity index (χ1v) is 5.48. The molecule has 1 aliphatic rings. The number of carbonyl (C=O) groups is 1. The normalized spacial score (nSPS) is 14.8. The summed E-state index contributed by atoms with van der Waals surface area (Å²) < 4.78 is 5.09. The van der Waals surface area contributed by atoms with Crippen LogP contribution in [0.2, 0.25) is 0 Å². The minimum absolute atomic E-state index is 0. The van der Waals surface area contributed by atoms with Crippen LogP contribution < -0.4 is 10.6 Å². The molecular formula is C12H17ClN2O2. The van der Waals surface area contributed by atoms with Crippen molar-refractivity contribution in [3.05, 3.63) is 35.3 Å². The Kier molecular flexibility index (Phi) is 5.25. The van der Waals surface area contributed by atoms with Crippen LogP contribution in [0.15, 0.2) is 28.4 Å². The molecule has 0 saturated carbocycles. The zero-order valence-electron chi connectivity index (χ0n) is 9.79. The third-order valence-corrected chi connectivity index (χ3v) is 2.74. The van der Waals surface area contributed by atoms with E-state index in [0.717, 1.165) is 19.5 Å². The minimum atomic E-state index is -0.0642. The standard InChI is InChI=1S/C12H16N2O2.ClH/c1-9-11(4-7-16-9)12(15)14-8-10-2-5-13-6-3-10;/h2,4,7,13H,3,5-6,8H2,1H3,(H,14,15);1H. The summed E-state index contributed by atoms with van der Waals surface area (Å²) in [5.74, 6) is 0.600. The van der Waals surface area contributed by atoms with Crippen LogP contribution in [0.25, 0.3) is 0 Å². The lowest BCUT2D eigenvalue weighted by atomic mass is 10.1. The number of hydrogen-bond acceptors (Lipinski definition) is 3. The summed E-state index contributed by atoms with van der Waals surface area (Å²) in [5, 5.41) is 6.14. The molecule has 0 aliphatic carbocycles. The number of aryl methyl sites for hydroxylation is 1. The summed E-state index contributed by atoms with van der Waals surface area (Å²) in [5.41, 5.74) is 1.91. The van der Waals surface area contributed by atoms with E-state index in [1.807, 2.05) is 0 Å². The Hall–Kier alpha value is -1.26. The molecule has 2 N–H and O–H groups in total. The minimum Gasteiger partial charge on any atom is -0.469 e. The second-order valence-corrected chi connectivity index (χ2v) is 3.89. The van der Waals surface area contributed by atoms with Gasteiger partial charge in [-0.15, -0.1) is 12.4 Å². The van der Waals surface area contributed by atoms with Crippen molar-refractivity contribution in [1.82, 2.24) is 10.6 Å². The van der Waals surface area contributed by atoms with Gasteiger partial charge in [-0.05, 0) is 26.0 Å². The van der Waals surface area contributed by atoms with Crippen molar-refractivity contribution in [2.75, 3.05) is 19.6 Å². The molecule has 1 aliphatic heterocycles. The average molecular weight is 257 g/mol. The Morgan fingerprint density at radius 3 is 3.00 bits per heavy atom. The summed E-state index contributed by atoms with van der Waals surface area (Å²) in [4.78, 5) is 11.8. The van der Waals surface area contributed by atoms with Gasteiger partial charge in [-0.3, -0.25) is 4.79 Å². The topological polar surface area (TPSA) is 54.3 Å². The molecule has 2 rings (SSSR count). The van der Waals surface area contributed by atoms with Gasteiger partial charge in [0.05, 0.1) is 11.8 Å². The van der Waals surface area contributed by atoms with Crippen LogP contribution >= 0.6 is 12.4 Å². The highest BCUT2D eigenvalue weighted by Crippen LogP contribution is 2.09. The van der Waals surface area contributed by atoms with Gasteiger partial charge in [0.1, 0.15) is 5.76 Å². The summed E-state index contributed by atoms with van der Waals surface area (Å²) in [6.45, 7) is 4.31. The molecule has 1 aromatic rings. The van der Waals surface area contributed by atoms with Gasteiger partial charge in [0.2, 0.25) is 0 Å². The Morgan fingerprint density at radius 1 is 1.59 bits per heavy atom. The Morgan fingerprint density at radius 2 is 2.41 bits per heavy atom. The molecule has 0 saturated heterocycles. The fraction of sp³-hybridized carbons (Fsp3) is 0.417. The van der Waals surface area contributed by atoms with Gasteiger partial charge in [-0.1, -0.05) is 11.6 Å². The molecule has 5 heteroatoms. The van der Waals surface area contributed by atoms with Gasteiger partial charge in [0, 0.05) is 13.1 Å². The van der Waals surface area contributed by atoms with Crippen LogP contribution in [0.1, 0.15) is 22.5 Å². The van der Waals surface area contributed by atoms with Gasteiger partial charge in [0.15, 0.2) is 0 Å². The van der Waals surface area contributed by atoms with Crippen molar-refractivity contribution >= 4 is 18.3 Å². The molecule has 17 heavy (non-hydrogen) atoms. The van der Waals surface area contributed by atoms with E-state index in [1.54, 1.807) is 13.0 Å². The van der Waals surface area contributed by atoms with E-state index in [2.05, 4.69) is 16.7 Å². The first-order chi connectivity index (χ1) is 7.77. The van der Waals surface area contributed by atoms with Crippen molar-refractivity contribution in [1.29, 1.82) is 0 Å². The van der Waals surface area contributed by atoms with Crippen LogP contribution in [0.5, 0.6) is 0 Å². The van der Waals surface area contributed by atoms with Crippen molar-refractivity contribution in [2.45, 2.75) is 13.3 Å². The van der Waals surface area contributed by atoms with E-state index < -0.39 is 0 Å². The fourth-order valence-corrected chi connectivity index (χ4v) is 1.74. The number of hydrogen-bond donors (Lipinski definition) is 2. The number of furan rings is 1. The van der Waals surface area contributed by atoms with Gasteiger partial charge in [-0.25, -0.2) is 0 Å². The SMILES string of the molecule is Cc1occc1C(=O)NCC1=CCNCC1.Cl. The van der Waals surface area contributed by atoms with E-state index in [-0.39, 0.29) is 18.3 Å². The van der Waals surface area contributed by atoms with E-state index in [1.165, 1.54) is 11.8 Å². The lowest BCUT2D eigenvalue weighted by Gasteiger charge is -2.14. The molecule has 0 spiro atoms. The number of halogens is 1. The van der Waals surface area contributed by atoms with Crippen LogP contribution in [-0.2, 0) is 0 Å². The molecule has 1 amide bonds. The third kappa shape index (κ3) is 3.61. The molecule has 0 aromatic carbocycles. The number of carbonyl (C=O) groups excluding carboxylic acids is 1. The molecule has 0 atom stereocenters. The lowest BCUT2D eigenvalue weighted by Crippen LogP contribution is -2.29. The first kappa shape index (κ1) is 13.8. The summed E-state index contributed by atoms with van der Waals surface area (Å²) in [6.07, 6.45) is 4.67. The predicted octanol–water partition coefficient (Wildman–Crippen LogP) is 1.66. The number of amides is 1. The maximum atomic E-state index is 11.8. The molecular weight excluding hydrogens is 240 g/mol. The highest BCUT2D eigenvalue weighted by molar-refractivity contribution is 5.95. The summed E-state index contributed by atoms with van der Waals surface area (Å²) in [6, 6.07) is 1.70. The van der Waals surface area contributed by atoms with Crippen molar-refractivity contribution in [3.63, 3.8) is 0 Å². The van der Waals surface area contributed by atoms with Crippen molar-refractivity contribution in [2.24, 2.45) is 0 Å². The van der Waals surface area contributed by atoms with Gasteiger partial charge in [0.25, 0.3) is 5.91 Å². The van der Waals surface area contributed by atoms with Crippen molar-refractivity contribution in [3.8, 4) is 0 Å². The summed E-state index contributed by atoms with van der Waals surface area (Å²) in [7, 11) is 0. The maximum Gasteiger partial charge on any atom is 0.255 e. The highest BCUT2D eigenvalue weighted by Gasteiger charge is 2.11. The summed E-state index contributed by atoms with van der Waals surface area (Å²) >= 11 is 0. The van der Waals surface area contributed by atoms with Crippen LogP contribution in [0.4, 0.5) is 0 Å². The van der Waals surface area contributed by atoms with Gasteiger partial charge >= 0.3 is 0 Å². The quantitative estimate of drug-likeness (QED) is 0.809. The first-order valence-electron chi connectivity index (χ1n) is 5.48. The second kappa shape index (κ2) is 6.47. The van der Waals surface area contributed by atoms with Crippen LogP contribution in [0.3, 0.4) is 0 Å². The van der Waals surface area contributed by atoms with E-state index in [4.69, 9.17) is 4.42 Å². The van der Waals surface area contributed by atoms with E-state index >= 15 is 0 Å². The van der Waals surface area contributed by atoms with E-state index in [9.17, 15) is 4.79 Å². The van der Waals surface area contributed by atoms with Crippen LogP contribution in [-0.4, -0.2) is 25.5 Å². The molecule has 2 heterocycles. The Labute approximate surface area is 107 Å². The van der Waals surface area contributed by atoms with E-state index in [0.29, 0.717) is 17.9 Å². The highest BCUT2D eigenvalue weighted by atomic mass is 35.5. The molecule has 94 valence electrons. The monoisotopic (exact) mass is 256 g/mol. The Balaban J connectivity index is 0.00000144. The predicted molar refractivity (Wildman–Crippen MR) is 68.6 cm³/mol. The number of nitrogens with one attached hydrogen (secondary N) is 2.